The molecule has 0 bridgehead atoms. The van der Waals surface area contributed by atoms with Crippen molar-refractivity contribution in [3.63, 3.8) is 0 Å². The van der Waals surface area contributed by atoms with Gasteiger partial charge in [0, 0.05) is 48.9 Å². The molecule has 7 nitrogen and oxygen atoms in total. The van der Waals surface area contributed by atoms with E-state index in [4.69, 9.17) is 16.3 Å². The first-order valence-corrected chi connectivity index (χ1v) is 10.7. The molecule has 2 aromatic rings. The molecule has 4 rings (SSSR count). The number of anilines is 1. The number of rotatable bonds is 5. The lowest BCUT2D eigenvalue weighted by Crippen LogP contribution is -2.40. The quantitative estimate of drug-likeness (QED) is 0.773. The number of hydrogen-bond acceptors (Lipinski definition) is 4. The van der Waals surface area contributed by atoms with E-state index in [9.17, 15) is 14.4 Å². The number of halogens is 1. The standard InChI is InChI=1S/C23H24ClN3O4/c24-19-2-1-3-20(13-19)27-15-18(12-21(27)28)22(29)25-14-16-4-6-17(7-5-16)23(30)26-8-10-31-11-9-26/h1-7,13,18H,8-12,14-15H2,(H,25,29). The number of hydrogen-bond donors (Lipinski definition) is 1. The Hall–Kier alpha value is -2.90. The van der Waals surface area contributed by atoms with Gasteiger partial charge in [0.15, 0.2) is 0 Å². The van der Waals surface area contributed by atoms with Gasteiger partial charge in [0.25, 0.3) is 5.91 Å². The summed E-state index contributed by atoms with van der Waals surface area (Å²) in [5.74, 6) is -0.669. The average Bonchev–Trinajstić information content (AvgIpc) is 3.19. The smallest absolute Gasteiger partial charge is 0.254 e. The van der Waals surface area contributed by atoms with Crippen LogP contribution < -0.4 is 10.2 Å². The molecule has 0 saturated carbocycles. The van der Waals surface area contributed by atoms with Crippen LogP contribution in [0.15, 0.2) is 48.5 Å². The summed E-state index contributed by atoms with van der Waals surface area (Å²) in [5, 5.41) is 3.45. The van der Waals surface area contributed by atoms with Gasteiger partial charge in [0.1, 0.15) is 0 Å². The molecule has 0 spiro atoms. The van der Waals surface area contributed by atoms with E-state index in [1.54, 1.807) is 40.1 Å². The van der Waals surface area contributed by atoms with Crippen molar-refractivity contribution >= 4 is 35.0 Å². The number of amides is 3. The number of nitrogens with zero attached hydrogens (tertiary/aromatic N) is 2. The molecular weight excluding hydrogens is 418 g/mol. The fourth-order valence-corrected chi connectivity index (χ4v) is 4.01. The summed E-state index contributed by atoms with van der Waals surface area (Å²) >= 11 is 6.02. The van der Waals surface area contributed by atoms with Crippen molar-refractivity contribution in [1.82, 2.24) is 10.2 Å². The second-order valence-corrected chi connectivity index (χ2v) is 8.14. The number of morpholine rings is 1. The van der Waals surface area contributed by atoms with Gasteiger partial charge in [0.2, 0.25) is 11.8 Å². The highest BCUT2D eigenvalue weighted by atomic mass is 35.5. The third-order valence-electron chi connectivity index (χ3n) is 5.58. The number of carbonyl (C=O) groups excluding carboxylic acids is 3. The third kappa shape index (κ3) is 5.06. The van der Waals surface area contributed by atoms with Gasteiger partial charge in [-0.05, 0) is 35.9 Å². The molecule has 1 atom stereocenters. The molecule has 1 unspecified atom stereocenters. The minimum Gasteiger partial charge on any atom is -0.378 e. The summed E-state index contributed by atoms with van der Waals surface area (Å²) < 4.78 is 5.28. The fraction of sp³-hybridized carbons (Fsp3) is 0.348. The Kier molecular flexibility index (Phi) is 6.53. The number of nitrogens with one attached hydrogen (secondary N) is 1. The Morgan fingerprint density at radius 2 is 1.84 bits per heavy atom. The molecule has 162 valence electrons. The Morgan fingerprint density at radius 1 is 1.10 bits per heavy atom. The monoisotopic (exact) mass is 441 g/mol. The molecule has 8 heteroatoms. The van der Waals surface area contributed by atoms with Gasteiger partial charge in [-0.1, -0.05) is 29.8 Å². The molecule has 1 N–H and O–H groups in total. The molecule has 2 saturated heterocycles. The molecule has 2 aromatic carbocycles. The molecule has 31 heavy (non-hydrogen) atoms. The number of benzene rings is 2. The van der Waals surface area contributed by atoms with Crippen molar-refractivity contribution in [2.45, 2.75) is 13.0 Å². The van der Waals surface area contributed by atoms with Gasteiger partial charge >= 0.3 is 0 Å². The predicted octanol–water partition coefficient (Wildman–Crippen LogP) is 2.48. The minimum absolute atomic E-state index is 0.00976. The highest BCUT2D eigenvalue weighted by Crippen LogP contribution is 2.27. The van der Waals surface area contributed by atoms with Gasteiger partial charge < -0.3 is 19.9 Å². The summed E-state index contributed by atoms with van der Waals surface area (Å²) in [7, 11) is 0. The van der Waals surface area contributed by atoms with E-state index in [0.717, 1.165) is 5.56 Å². The van der Waals surface area contributed by atoms with Crippen molar-refractivity contribution < 1.29 is 19.1 Å². The van der Waals surface area contributed by atoms with Crippen molar-refractivity contribution in [3.8, 4) is 0 Å². The molecule has 3 amide bonds. The zero-order valence-corrected chi connectivity index (χ0v) is 17.8. The average molecular weight is 442 g/mol. The Bertz CT molecular complexity index is 973. The Labute approximate surface area is 185 Å². The summed E-state index contributed by atoms with van der Waals surface area (Å²) in [6, 6.07) is 14.3. The van der Waals surface area contributed by atoms with E-state index >= 15 is 0 Å². The maximum atomic E-state index is 12.6. The van der Waals surface area contributed by atoms with Crippen LogP contribution in [0.2, 0.25) is 5.02 Å². The van der Waals surface area contributed by atoms with Crippen LogP contribution in [0, 0.1) is 5.92 Å². The summed E-state index contributed by atoms with van der Waals surface area (Å²) in [5.41, 5.74) is 2.21. The first-order chi connectivity index (χ1) is 15.0. The topological polar surface area (TPSA) is 79.0 Å². The first-order valence-electron chi connectivity index (χ1n) is 10.3. The van der Waals surface area contributed by atoms with Crippen LogP contribution >= 0.6 is 11.6 Å². The minimum atomic E-state index is -0.409. The number of carbonyl (C=O) groups is 3. The van der Waals surface area contributed by atoms with Crippen LogP contribution in [0.1, 0.15) is 22.3 Å². The fourth-order valence-electron chi connectivity index (χ4n) is 3.82. The normalized spacial score (nSPS) is 18.9. The third-order valence-corrected chi connectivity index (χ3v) is 5.82. The zero-order valence-electron chi connectivity index (χ0n) is 17.1. The van der Waals surface area contributed by atoms with E-state index in [0.29, 0.717) is 55.7 Å². The van der Waals surface area contributed by atoms with Crippen molar-refractivity contribution in [2.75, 3.05) is 37.7 Å². The summed E-state index contributed by atoms with van der Waals surface area (Å²) in [4.78, 5) is 40.9. The van der Waals surface area contributed by atoms with E-state index in [1.165, 1.54) is 0 Å². The lowest BCUT2D eigenvalue weighted by Gasteiger charge is -2.26. The zero-order chi connectivity index (χ0) is 21.8. The predicted molar refractivity (Wildman–Crippen MR) is 117 cm³/mol. The molecule has 2 aliphatic rings. The largest absolute Gasteiger partial charge is 0.378 e. The van der Waals surface area contributed by atoms with Gasteiger partial charge in [-0.3, -0.25) is 14.4 Å². The van der Waals surface area contributed by atoms with Crippen LogP contribution in [0.5, 0.6) is 0 Å². The highest BCUT2D eigenvalue weighted by molar-refractivity contribution is 6.31. The molecule has 2 fully saturated rings. The van der Waals surface area contributed by atoms with Gasteiger partial charge in [-0.2, -0.15) is 0 Å². The second-order valence-electron chi connectivity index (χ2n) is 7.70. The molecular formula is C23H24ClN3O4. The van der Waals surface area contributed by atoms with E-state index < -0.39 is 5.92 Å². The second kappa shape index (κ2) is 9.49. The molecule has 0 aromatic heterocycles. The highest BCUT2D eigenvalue weighted by Gasteiger charge is 2.35. The van der Waals surface area contributed by atoms with Crippen molar-refractivity contribution in [2.24, 2.45) is 5.92 Å². The van der Waals surface area contributed by atoms with Crippen molar-refractivity contribution in [3.05, 3.63) is 64.7 Å². The van der Waals surface area contributed by atoms with Gasteiger partial charge in [-0.25, -0.2) is 0 Å². The summed E-state index contributed by atoms with van der Waals surface area (Å²) in [6.45, 7) is 3.00. The summed E-state index contributed by atoms with van der Waals surface area (Å²) in [6.07, 6.45) is 0.172. The Morgan fingerprint density at radius 3 is 2.55 bits per heavy atom. The van der Waals surface area contributed by atoms with Crippen molar-refractivity contribution in [1.29, 1.82) is 0 Å². The lowest BCUT2D eigenvalue weighted by atomic mass is 10.1. The van der Waals surface area contributed by atoms with Crippen LogP contribution in [0.4, 0.5) is 5.69 Å². The van der Waals surface area contributed by atoms with Crippen LogP contribution in [0.25, 0.3) is 0 Å². The van der Waals surface area contributed by atoms with Crippen LogP contribution in [-0.4, -0.2) is 55.5 Å². The maximum absolute atomic E-state index is 12.6. The SMILES string of the molecule is O=C(NCc1ccc(C(=O)N2CCOCC2)cc1)C1CC(=O)N(c2cccc(Cl)c2)C1. The van der Waals surface area contributed by atoms with E-state index in [1.807, 2.05) is 18.2 Å². The molecule has 2 aliphatic heterocycles. The Balaban J connectivity index is 1.30. The molecule has 2 heterocycles. The number of ether oxygens (including phenoxy) is 1. The van der Waals surface area contributed by atoms with Gasteiger partial charge in [-0.15, -0.1) is 0 Å². The maximum Gasteiger partial charge on any atom is 0.254 e. The molecule has 0 aliphatic carbocycles. The van der Waals surface area contributed by atoms with Crippen LogP contribution in [-0.2, 0) is 20.9 Å². The van der Waals surface area contributed by atoms with Crippen LogP contribution in [0.3, 0.4) is 0 Å². The first kappa shape index (κ1) is 21.3. The van der Waals surface area contributed by atoms with Gasteiger partial charge in [0.05, 0.1) is 19.1 Å². The van der Waals surface area contributed by atoms with E-state index in [-0.39, 0.29) is 24.1 Å². The molecule has 0 radical (unpaired) electrons. The van der Waals surface area contributed by atoms with E-state index in [2.05, 4.69) is 5.32 Å². The lowest BCUT2D eigenvalue weighted by molar-refractivity contribution is -0.126.